The van der Waals surface area contributed by atoms with Crippen molar-refractivity contribution >= 4 is 22.5 Å². The molecule has 124 valence electrons. The minimum absolute atomic E-state index is 0.204. The van der Waals surface area contributed by atoms with E-state index in [2.05, 4.69) is 17.2 Å². The molecule has 0 unspecified atom stereocenters. The number of methoxy groups -OCH3 is 1. The largest absolute Gasteiger partial charge is 0.491 e. The maximum Gasteiger partial charge on any atom is 0.256 e. The van der Waals surface area contributed by atoms with Crippen molar-refractivity contribution in [1.82, 2.24) is 4.98 Å². The Morgan fingerprint density at radius 3 is 2.78 bits per heavy atom. The normalized spacial score (nSPS) is 11.5. The fourth-order valence-electron chi connectivity index (χ4n) is 2.06. The Balaban J connectivity index is 2.32. The maximum atomic E-state index is 12.3. The van der Waals surface area contributed by atoms with Crippen LogP contribution in [0, 0.1) is 0 Å². The van der Waals surface area contributed by atoms with Gasteiger partial charge in [0.15, 0.2) is 0 Å². The summed E-state index contributed by atoms with van der Waals surface area (Å²) in [6, 6.07) is 7.45. The summed E-state index contributed by atoms with van der Waals surface area (Å²) in [5.41, 5.74) is 0.549. The zero-order valence-electron chi connectivity index (χ0n) is 14.2. The summed E-state index contributed by atoms with van der Waals surface area (Å²) in [6.07, 6.45) is 3.79. The Morgan fingerprint density at radius 2 is 2.09 bits per heavy atom. The second-order valence-corrected chi connectivity index (χ2v) is 5.88. The van der Waals surface area contributed by atoms with E-state index in [1.54, 1.807) is 20.0 Å². The predicted octanol–water partition coefficient (Wildman–Crippen LogP) is 3.78. The number of rotatable bonds is 7. The first-order valence-corrected chi connectivity index (χ1v) is 7.86. The molecular formula is C18H24N2O3. The van der Waals surface area contributed by atoms with Crippen molar-refractivity contribution in [3.05, 3.63) is 30.5 Å². The van der Waals surface area contributed by atoms with Crippen LogP contribution in [0.5, 0.6) is 5.75 Å². The zero-order valence-corrected chi connectivity index (χ0v) is 14.2. The predicted molar refractivity (Wildman–Crippen MR) is 91.9 cm³/mol. The Bertz CT molecular complexity index is 683. The van der Waals surface area contributed by atoms with E-state index >= 15 is 0 Å². The van der Waals surface area contributed by atoms with E-state index < -0.39 is 5.60 Å². The van der Waals surface area contributed by atoms with Crippen molar-refractivity contribution in [3.63, 3.8) is 0 Å². The summed E-state index contributed by atoms with van der Waals surface area (Å²) in [4.78, 5) is 16.7. The number of unbranched alkanes of at least 4 members (excludes halogenated alkanes) is 1. The molecule has 1 amide bonds. The number of aromatic nitrogens is 1. The molecule has 5 heteroatoms. The minimum Gasteiger partial charge on any atom is -0.491 e. The summed E-state index contributed by atoms with van der Waals surface area (Å²) in [6.45, 7) is 6.23. The average Bonchev–Trinajstić information content (AvgIpc) is 2.56. The number of carbonyl (C=O) groups excluding carboxylic acids is 1. The van der Waals surface area contributed by atoms with Gasteiger partial charge in [0.1, 0.15) is 16.9 Å². The van der Waals surface area contributed by atoms with Crippen molar-refractivity contribution in [2.75, 3.05) is 19.0 Å². The number of amides is 1. The summed E-state index contributed by atoms with van der Waals surface area (Å²) in [7, 11) is 1.52. The number of hydrogen-bond acceptors (Lipinski definition) is 4. The highest BCUT2D eigenvalue weighted by Crippen LogP contribution is 2.30. The van der Waals surface area contributed by atoms with Crippen molar-refractivity contribution < 1.29 is 14.3 Å². The van der Waals surface area contributed by atoms with E-state index in [-0.39, 0.29) is 5.91 Å². The SMILES string of the molecule is CCCCOc1ccc(NC(=O)C(C)(C)OC)c2cccnc12. The van der Waals surface area contributed by atoms with Crippen molar-refractivity contribution in [1.29, 1.82) is 0 Å². The van der Waals surface area contributed by atoms with Gasteiger partial charge in [0.2, 0.25) is 0 Å². The number of carbonyl (C=O) groups is 1. The monoisotopic (exact) mass is 316 g/mol. The number of nitrogens with zero attached hydrogens (tertiary/aromatic N) is 1. The Kier molecular flexibility index (Phi) is 5.55. The molecule has 0 saturated carbocycles. The van der Waals surface area contributed by atoms with Gasteiger partial charge in [0.25, 0.3) is 5.91 Å². The number of hydrogen-bond donors (Lipinski definition) is 1. The van der Waals surface area contributed by atoms with Crippen LogP contribution in [0.4, 0.5) is 5.69 Å². The van der Waals surface area contributed by atoms with E-state index in [4.69, 9.17) is 9.47 Å². The number of pyridine rings is 1. The number of benzene rings is 1. The summed E-state index contributed by atoms with van der Waals surface area (Å²) < 4.78 is 11.0. The first-order chi connectivity index (χ1) is 11.0. The van der Waals surface area contributed by atoms with Gasteiger partial charge in [0.05, 0.1) is 12.3 Å². The molecule has 0 aliphatic carbocycles. The third kappa shape index (κ3) is 3.99. The van der Waals surface area contributed by atoms with Gasteiger partial charge in [-0.3, -0.25) is 9.78 Å². The Hall–Kier alpha value is -2.14. The van der Waals surface area contributed by atoms with Crippen LogP contribution in [0.3, 0.4) is 0 Å². The molecular weight excluding hydrogens is 292 g/mol. The van der Waals surface area contributed by atoms with Crippen LogP contribution in [-0.2, 0) is 9.53 Å². The quantitative estimate of drug-likeness (QED) is 0.790. The fraction of sp³-hybridized carbons (Fsp3) is 0.444. The third-order valence-electron chi connectivity index (χ3n) is 3.79. The van der Waals surface area contributed by atoms with Crippen LogP contribution in [0.15, 0.2) is 30.5 Å². The molecule has 0 saturated heterocycles. The average molecular weight is 316 g/mol. The standard InChI is InChI=1S/C18H24N2O3/c1-5-6-12-23-15-10-9-14(13-8-7-11-19-16(13)15)20-17(21)18(2,3)22-4/h7-11H,5-6,12H2,1-4H3,(H,20,21). The molecule has 1 heterocycles. The minimum atomic E-state index is -0.898. The molecule has 23 heavy (non-hydrogen) atoms. The van der Waals surface area contributed by atoms with Crippen LogP contribution in [0.1, 0.15) is 33.6 Å². The van der Waals surface area contributed by atoms with E-state index in [0.717, 1.165) is 29.5 Å². The van der Waals surface area contributed by atoms with Crippen molar-refractivity contribution in [2.45, 2.75) is 39.2 Å². The highest BCUT2D eigenvalue weighted by molar-refractivity contribution is 6.05. The smallest absolute Gasteiger partial charge is 0.256 e. The molecule has 0 spiro atoms. The highest BCUT2D eigenvalue weighted by atomic mass is 16.5. The summed E-state index contributed by atoms with van der Waals surface area (Å²) in [5.74, 6) is 0.530. The molecule has 2 aromatic rings. The topological polar surface area (TPSA) is 60.5 Å². The van der Waals surface area contributed by atoms with Gasteiger partial charge in [-0.1, -0.05) is 13.3 Å². The summed E-state index contributed by atoms with van der Waals surface area (Å²) >= 11 is 0. The molecule has 0 atom stereocenters. The van der Waals surface area contributed by atoms with Crippen LogP contribution in [0.2, 0.25) is 0 Å². The van der Waals surface area contributed by atoms with Crippen molar-refractivity contribution in [2.24, 2.45) is 0 Å². The first kappa shape index (κ1) is 17.2. The van der Waals surface area contributed by atoms with Gasteiger partial charge in [0, 0.05) is 18.7 Å². The molecule has 5 nitrogen and oxygen atoms in total. The second kappa shape index (κ2) is 7.42. The number of ether oxygens (including phenoxy) is 2. The molecule has 0 bridgehead atoms. The van der Waals surface area contributed by atoms with Gasteiger partial charge in [-0.15, -0.1) is 0 Å². The Morgan fingerprint density at radius 1 is 1.30 bits per heavy atom. The second-order valence-electron chi connectivity index (χ2n) is 5.88. The molecule has 0 fully saturated rings. The van der Waals surface area contributed by atoms with E-state index in [1.165, 1.54) is 7.11 Å². The number of fused-ring (bicyclic) bond motifs is 1. The van der Waals surface area contributed by atoms with Crippen LogP contribution in [0.25, 0.3) is 10.9 Å². The number of anilines is 1. The van der Waals surface area contributed by atoms with E-state index in [9.17, 15) is 4.79 Å². The first-order valence-electron chi connectivity index (χ1n) is 7.86. The van der Waals surface area contributed by atoms with Crippen LogP contribution >= 0.6 is 0 Å². The van der Waals surface area contributed by atoms with Gasteiger partial charge in [-0.2, -0.15) is 0 Å². The molecule has 0 aliphatic heterocycles. The fourth-order valence-corrected chi connectivity index (χ4v) is 2.06. The lowest BCUT2D eigenvalue weighted by Gasteiger charge is -2.22. The van der Waals surface area contributed by atoms with E-state index in [0.29, 0.717) is 12.3 Å². The maximum absolute atomic E-state index is 12.3. The molecule has 1 aromatic heterocycles. The van der Waals surface area contributed by atoms with Gasteiger partial charge in [-0.05, 0) is 44.5 Å². The van der Waals surface area contributed by atoms with Crippen LogP contribution < -0.4 is 10.1 Å². The highest BCUT2D eigenvalue weighted by Gasteiger charge is 2.27. The van der Waals surface area contributed by atoms with Gasteiger partial charge >= 0.3 is 0 Å². The summed E-state index contributed by atoms with van der Waals surface area (Å²) in [5, 5.41) is 3.76. The van der Waals surface area contributed by atoms with E-state index in [1.807, 2.05) is 24.3 Å². The van der Waals surface area contributed by atoms with Crippen LogP contribution in [-0.4, -0.2) is 30.2 Å². The lowest BCUT2D eigenvalue weighted by molar-refractivity contribution is -0.133. The van der Waals surface area contributed by atoms with Crippen molar-refractivity contribution in [3.8, 4) is 5.75 Å². The lowest BCUT2D eigenvalue weighted by atomic mass is 10.1. The Labute approximate surface area is 137 Å². The molecule has 2 rings (SSSR count). The molecule has 0 radical (unpaired) electrons. The molecule has 0 aliphatic rings. The molecule has 1 aromatic carbocycles. The molecule has 1 N–H and O–H groups in total. The van der Waals surface area contributed by atoms with Gasteiger partial charge in [-0.25, -0.2) is 0 Å². The lowest BCUT2D eigenvalue weighted by Crippen LogP contribution is -2.38. The number of nitrogens with one attached hydrogen (secondary N) is 1. The third-order valence-corrected chi connectivity index (χ3v) is 3.79. The van der Waals surface area contributed by atoms with Gasteiger partial charge < -0.3 is 14.8 Å². The zero-order chi connectivity index (χ0) is 16.9.